The molecule has 27 heavy (non-hydrogen) atoms. The summed E-state index contributed by atoms with van der Waals surface area (Å²) in [6.45, 7) is 14.0. The zero-order valence-corrected chi connectivity index (χ0v) is 22.0. The van der Waals surface area contributed by atoms with Crippen LogP contribution in [0.25, 0.3) is 0 Å². The van der Waals surface area contributed by atoms with Gasteiger partial charge in [0.2, 0.25) is 0 Å². The minimum Gasteiger partial charge on any atom is -0.411 e. The molecule has 0 saturated carbocycles. The number of unbranched alkanes of at least 4 members (excludes halogenated alkanes) is 10. The minimum atomic E-state index is -1.67. The molecule has 0 aliphatic heterocycles. The third kappa shape index (κ3) is 15.0. The van der Waals surface area contributed by atoms with Crippen LogP contribution in [0, 0.1) is 0 Å². The van der Waals surface area contributed by atoms with E-state index in [0.717, 1.165) is 0 Å². The molecule has 0 amide bonds. The van der Waals surface area contributed by atoms with Crippen LogP contribution in [-0.4, -0.2) is 19.8 Å². The Balaban J connectivity index is 3.98. The maximum atomic E-state index is 6.65. The second kappa shape index (κ2) is 16.2. The van der Waals surface area contributed by atoms with E-state index in [9.17, 15) is 0 Å². The molecule has 0 saturated heterocycles. The lowest BCUT2D eigenvalue weighted by atomic mass is 10.1. The van der Waals surface area contributed by atoms with Gasteiger partial charge in [-0.1, -0.05) is 114 Å². The Kier molecular flexibility index (Phi) is 16.5. The summed E-state index contributed by atoms with van der Waals surface area (Å²) in [4.78, 5) is 0. The first-order valence-corrected chi connectivity index (χ1v) is 15.7. The molecule has 1 nitrogen and oxygen atoms in total. The molecular weight excluding hydrogens is 412 g/mol. The van der Waals surface area contributed by atoms with Crippen molar-refractivity contribution in [3.63, 3.8) is 0 Å². The second-order valence-electron chi connectivity index (χ2n) is 9.65. The van der Waals surface area contributed by atoms with Gasteiger partial charge in [-0.2, -0.15) is 0 Å². The molecule has 0 bridgehead atoms. The molecular formula is C24H49BrOSi. The summed E-state index contributed by atoms with van der Waals surface area (Å²) in [7, 11) is -1.67. The van der Waals surface area contributed by atoms with Gasteiger partial charge in [0.1, 0.15) is 0 Å². The molecule has 1 atom stereocenters. The van der Waals surface area contributed by atoms with Gasteiger partial charge in [0, 0.05) is 5.33 Å². The van der Waals surface area contributed by atoms with Crippen LogP contribution < -0.4 is 0 Å². The van der Waals surface area contributed by atoms with Gasteiger partial charge in [0.15, 0.2) is 8.32 Å². The summed E-state index contributed by atoms with van der Waals surface area (Å²) < 4.78 is 6.65. The maximum Gasteiger partial charge on any atom is 0.192 e. The van der Waals surface area contributed by atoms with Crippen LogP contribution in [0.5, 0.6) is 0 Å². The van der Waals surface area contributed by atoms with Crippen molar-refractivity contribution in [2.75, 3.05) is 5.33 Å². The maximum absolute atomic E-state index is 6.65. The summed E-state index contributed by atoms with van der Waals surface area (Å²) in [6, 6.07) is 0. The fraction of sp³-hybridized carbons (Fsp3) is 0.917. The van der Waals surface area contributed by atoms with Crippen molar-refractivity contribution >= 4 is 24.2 Å². The number of rotatable bonds is 17. The van der Waals surface area contributed by atoms with Crippen LogP contribution in [0.1, 0.15) is 111 Å². The number of hydrogen-bond acceptors (Lipinski definition) is 1. The number of alkyl halides is 1. The van der Waals surface area contributed by atoms with Crippen molar-refractivity contribution in [3.05, 3.63) is 12.2 Å². The molecule has 0 N–H and O–H groups in total. The lowest BCUT2D eigenvalue weighted by Gasteiger charge is -2.38. The normalized spacial score (nSPS) is 14.2. The van der Waals surface area contributed by atoms with E-state index >= 15 is 0 Å². The van der Waals surface area contributed by atoms with E-state index in [1.54, 1.807) is 0 Å². The van der Waals surface area contributed by atoms with Gasteiger partial charge in [0.05, 0.1) is 6.10 Å². The SMILES string of the molecule is CCCCC(C=CCCCCCCCCCCCBr)O[Si](C)(C)C(C)(C)C. The molecule has 0 fully saturated rings. The van der Waals surface area contributed by atoms with Crippen LogP contribution in [0.2, 0.25) is 18.1 Å². The molecule has 0 spiro atoms. The van der Waals surface area contributed by atoms with E-state index < -0.39 is 8.32 Å². The lowest BCUT2D eigenvalue weighted by Crippen LogP contribution is -2.43. The number of allylic oxidation sites excluding steroid dienone is 1. The highest BCUT2D eigenvalue weighted by Gasteiger charge is 2.38. The highest BCUT2D eigenvalue weighted by molar-refractivity contribution is 9.09. The van der Waals surface area contributed by atoms with Gasteiger partial charge in [-0.3, -0.25) is 0 Å². The van der Waals surface area contributed by atoms with Crippen LogP contribution in [0.4, 0.5) is 0 Å². The Morgan fingerprint density at radius 1 is 0.852 bits per heavy atom. The van der Waals surface area contributed by atoms with E-state index in [1.165, 1.54) is 88.8 Å². The van der Waals surface area contributed by atoms with Crippen molar-refractivity contribution in [2.45, 2.75) is 135 Å². The molecule has 1 unspecified atom stereocenters. The molecule has 0 aliphatic carbocycles. The van der Waals surface area contributed by atoms with E-state index in [4.69, 9.17) is 4.43 Å². The van der Waals surface area contributed by atoms with Gasteiger partial charge in [0.25, 0.3) is 0 Å². The standard InChI is InChI=1S/C24H49BrOSi/c1-7-8-20-23(26-27(5,6)24(2,3)4)21-18-16-14-12-10-9-11-13-15-17-19-22-25/h18,21,23H,7-17,19-20,22H2,1-6H3. The smallest absolute Gasteiger partial charge is 0.192 e. The van der Waals surface area contributed by atoms with Crippen LogP contribution in [-0.2, 0) is 4.43 Å². The highest BCUT2D eigenvalue weighted by Crippen LogP contribution is 2.38. The molecule has 0 aromatic carbocycles. The predicted octanol–water partition coefficient (Wildman–Crippen LogP) is 9.42. The first-order chi connectivity index (χ1) is 12.7. The summed E-state index contributed by atoms with van der Waals surface area (Å²) in [5, 5.41) is 1.46. The van der Waals surface area contributed by atoms with E-state index in [-0.39, 0.29) is 0 Å². The van der Waals surface area contributed by atoms with Gasteiger partial charge in [-0.05, 0) is 43.8 Å². The topological polar surface area (TPSA) is 9.23 Å². The fourth-order valence-corrected chi connectivity index (χ4v) is 4.70. The van der Waals surface area contributed by atoms with Gasteiger partial charge >= 0.3 is 0 Å². The number of hydrogen-bond donors (Lipinski definition) is 0. The zero-order chi connectivity index (χ0) is 20.6. The first kappa shape index (κ1) is 27.4. The Hall–Kier alpha value is 0.397. The molecule has 162 valence electrons. The third-order valence-electron chi connectivity index (χ3n) is 5.95. The fourth-order valence-electron chi connectivity index (χ4n) is 3.00. The van der Waals surface area contributed by atoms with Crippen LogP contribution >= 0.6 is 15.9 Å². The van der Waals surface area contributed by atoms with Crippen molar-refractivity contribution < 1.29 is 4.43 Å². The van der Waals surface area contributed by atoms with Crippen LogP contribution in [0.15, 0.2) is 12.2 Å². The summed E-state index contributed by atoms with van der Waals surface area (Å²) in [5.74, 6) is 0. The van der Waals surface area contributed by atoms with E-state index in [2.05, 4.69) is 68.9 Å². The predicted molar refractivity (Wildman–Crippen MR) is 131 cm³/mol. The third-order valence-corrected chi connectivity index (χ3v) is 11.0. The Labute approximate surface area is 181 Å². The van der Waals surface area contributed by atoms with Crippen molar-refractivity contribution in [1.29, 1.82) is 0 Å². The Morgan fingerprint density at radius 2 is 1.37 bits per heavy atom. The van der Waals surface area contributed by atoms with Gasteiger partial charge < -0.3 is 4.43 Å². The molecule has 0 rings (SSSR count). The second-order valence-corrected chi connectivity index (χ2v) is 15.2. The summed E-state index contributed by atoms with van der Waals surface area (Å²) >= 11 is 3.51. The van der Waals surface area contributed by atoms with Crippen molar-refractivity contribution in [1.82, 2.24) is 0 Å². The molecule has 0 aromatic heterocycles. The van der Waals surface area contributed by atoms with Crippen molar-refractivity contribution in [2.24, 2.45) is 0 Å². The van der Waals surface area contributed by atoms with E-state index in [0.29, 0.717) is 11.1 Å². The Morgan fingerprint density at radius 3 is 1.85 bits per heavy atom. The molecule has 0 heterocycles. The zero-order valence-electron chi connectivity index (χ0n) is 19.4. The molecule has 0 aliphatic rings. The number of halogens is 1. The first-order valence-electron chi connectivity index (χ1n) is 11.6. The quantitative estimate of drug-likeness (QED) is 0.0907. The Bertz CT molecular complexity index is 360. The molecule has 3 heteroatoms. The largest absolute Gasteiger partial charge is 0.411 e. The average molecular weight is 462 g/mol. The molecule has 0 radical (unpaired) electrons. The van der Waals surface area contributed by atoms with Crippen molar-refractivity contribution in [3.8, 4) is 0 Å². The summed E-state index contributed by atoms with van der Waals surface area (Å²) in [5.41, 5.74) is 0. The molecule has 0 aromatic rings. The monoisotopic (exact) mass is 460 g/mol. The van der Waals surface area contributed by atoms with Gasteiger partial charge in [-0.25, -0.2) is 0 Å². The van der Waals surface area contributed by atoms with E-state index in [1.807, 2.05) is 0 Å². The van der Waals surface area contributed by atoms with Crippen LogP contribution in [0.3, 0.4) is 0 Å². The average Bonchev–Trinajstić information content (AvgIpc) is 2.59. The minimum absolute atomic E-state index is 0.291. The lowest BCUT2D eigenvalue weighted by molar-refractivity contribution is 0.211. The highest BCUT2D eigenvalue weighted by atomic mass is 79.9. The van der Waals surface area contributed by atoms with Gasteiger partial charge in [-0.15, -0.1) is 0 Å². The summed E-state index contributed by atoms with van der Waals surface area (Å²) in [6.07, 6.45) is 22.6.